The molecular weight excluding hydrogens is 360 g/mol. The number of benzene rings is 2. The quantitative estimate of drug-likeness (QED) is 0.382. The number of nitrogens with one attached hydrogen (secondary N) is 2. The minimum atomic E-state index is -0.376. The van der Waals surface area contributed by atoms with Gasteiger partial charge < -0.3 is 26.3 Å². The van der Waals surface area contributed by atoms with Crippen LogP contribution in [0.3, 0.4) is 0 Å². The van der Waals surface area contributed by atoms with Crippen LogP contribution in [0.25, 0.3) is 11.3 Å². The van der Waals surface area contributed by atoms with E-state index in [1.54, 1.807) is 36.4 Å². The molecule has 0 aliphatic rings. The van der Waals surface area contributed by atoms with Crippen molar-refractivity contribution in [2.24, 2.45) is 16.5 Å². The van der Waals surface area contributed by atoms with Crippen LogP contribution in [-0.2, 0) is 0 Å². The van der Waals surface area contributed by atoms with Gasteiger partial charge in [-0.2, -0.15) is 5.10 Å². The van der Waals surface area contributed by atoms with Crippen LogP contribution in [0.2, 0.25) is 0 Å². The molecule has 0 radical (unpaired) electrons. The monoisotopic (exact) mass is 380 g/mol. The predicted molar refractivity (Wildman–Crippen MR) is 107 cm³/mol. The van der Waals surface area contributed by atoms with E-state index in [-0.39, 0.29) is 17.6 Å². The molecule has 1 amide bonds. The van der Waals surface area contributed by atoms with Gasteiger partial charge in [-0.3, -0.25) is 9.89 Å². The maximum atomic E-state index is 12.6. The fourth-order valence-electron chi connectivity index (χ4n) is 2.60. The first-order valence-electron chi connectivity index (χ1n) is 8.29. The van der Waals surface area contributed by atoms with Crippen LogP contribution < -0.4 is 26.3 Å². The lowest BCUT2D eigenvalue weighted by atomic mass is 10.1. The highest BCUT2D eigenvalue weighted by Crippen LogP contribution is 2.34. The van der Waals surface area contributed by atoms with Crippen molar-refractivity contribution in [1.29, 1.82) is 0 Å². The molecule has 6 N–H and O–H groups in total. The van der Waals surface area contributed by atoms with Gasteiger partial charge in [0.05, 0.1) is 25.6 Å². The first kappa shape index (κ1) is 18.8. The Bertz CT molecular complexity index is 985. The normalized spacial score (nSPS) is 10.2. The Labute approximate surface area is 161 Å². The molecule has 2 aromatic carbocycles. The van der Waals surface area contributed by atoms with Gasteiger partial charge in [-0.15, -0.1) is 0 Å². The molecule has 9 nitrogen and oxygen atoms in total. The fraction of sp³-hybridized carbons (Fsp3) is 0.105. The van der Waals surface area contributed by atoms with Crippen molar-refractivity contribution in [3.05, 3.63) is 54.2 Å². The van der Waals surface area contributed by atoms with Crippen molar-refractivity contribution in [3.63, 3.8) is 0 Å². The Balaban J connectivity index is 1.81. The van der Waals surface area contributed by atoms with Gasteiger partial charge in [-0.05, 0) is 30.3 Å². The summed E-state index contributed by atoms with van der Waals surface area (Å²) >= 11 is 0. The molecule has 0 bridgehead atoms. The number of methoxy groups -OCH3 is 2. The second-order valence-electron chi connectivity index (χ2n) is 5.74. The van der Waals surface area contributed by atoms with E-state index >= 15 is 0 Å². The van der Waals surface area contributed by atoms with Crippen LogP contribution in [0.1, 0.15) is 10.5 Å². The molecule has 1 aromatic heterocycles. The highest BCUT2D eigenvalue weighted by atomic mass is 16.5. The van der Waals surface area contributed by atoms with E-state index in [1.165, 1.54) is 14.2 Å². The van der Waals surface area contributed by atoms with Crippen LogP contribution >= 0.6 is 0 Å². The Morgan fingerprint density at radius 2 is 1.71 bits per heavy atom. The molecule has 0 saturated carbocycles. The van der Waals surface area contributed by atoms with E-state index in [2.05, 4.69) is 20.5 Å². The predicted octanol–water partition coefficient (Wildman–Crippen LogP) is 2.25. The minimum absolute atomic E-state index is 0.0155. The van der Waals surface area contributed by atoms with Crippen LogP contribution in [0, 0.1) is 0 Å². The average Bonchev–Trinajstić information content (AvgIpc) is 3.18. The summed E-state index contributed by atoms with van der Waals surface area (Å²) < 4.78 is 10.6. The molecule has 9 heteroatoms. The second kappa shape index (κ2) is 8.12. The molecule has 0 fully saturated rings. The largest absolute Gasteiger partial charge is 0.494 e. The van der Waals surface area contributed by atoms with Crippen molar-refractivity contribution in [2.45, 2.75) is 0 Å². The van der Waals surface area contributed by atoms with Crippen molar-refractivity contribution < 1.29 is 14.3 Å². The van der Waals surface area contributed by atoms with Gasteiger partial charge in [-0.25, -0.2) is 4.99 Å². The number of carbonyl (C=O) groups is 1. The zero-order valence-electron chi connectivity index (χ0n) is 15.4. The van der Waals surface area contributed by atoms with Crippen LogP contribution in [0.15, 0.2) is 53.5 Å². The summed E-state index contributed by atoms with van der Waals surface area (Å²) in [5.74, 6) is 0.586. The van der Waals surface area contributed by atoms with E-state index in [0.717, 1.165) is 5.56 Å². The third-order valence-electron chi connectivity index (χ3n) is 3.91. The topological polar surface area (TPSA) is 141 Å². The van der Waals surface area contributed by atoms with Crippen molar-refractivity contribution in [2.75, 3.05) is 19.5 Å². The number of hydrogen-bond acceptors (Lipinski definition) is 5. The number of aliphatic imine (C=N–C) groups is 1. The number of carbonyl (C=O) groups excluding carboxylic acids is 1. The van der Waals surface area contributed by atoms with Crippen LogP contribution in [0.4, 0.5) is 11.4 Å². The molecule has 3 aromatic rings. The standard InChI is InChI=1S/C19H20N6O3/c1-27-15-4-3-5-16(28-2)17(15)23-18(26)14-10-13(24-25-14)11-6-8-12(9-7-11)22-19(20)21/h3-10H,1-2H3,(H,23,26)(H,24,25)(H4,20,21,22). The van der Waals surface area contributed by atoms with Crippen LogP contribution in [-0.4, -0.2) is 36.3 Å². The summed E-state index contributed by atoms with van der Waals surface area (Å²) in [5, 5.41) is 9.71. The van der Waals surface area contributed by atoms with Gasteiger partial charge in [0.15, 0.2) is 5.96 Å². The fourth-order valence-corrected chi connectivity index (χ4v) is 2.60. The molecule has 0 aliphatic heterocycles. The number of aromatic amines is 1. The van der Waals surface area contributed by atoms with Gasteiger partial charge in [-0.1, -0.05) is 18.2 Å². The Morgan fingerprint density at radius 1 is 1.07 bits per heavy atom. The number of ether oxygens (including phenoxy) is 2. The number of nitrogens with zero attached hydrogens (tertiary/aromatic N) is 2. The van der Waals surface area contributed by atoms with E-state index in [9.17, 15) is 4.79 Å². The lowest BCUT2D eigenvalue weighted by molar-refractivity contribution is 0.102. The van der Waals surface area contributed by atoms with E-state index in [0.29, 0.717) is 28.6 Å². The minimum Gasteiger partial charge on any atom is -0.494 e. The lowest BCUT2D eigenvalue weighted by Crippen LogP contribution is -2.21. The summed E-state index contributed by atoms with van der Waals surface area (Å²) in [6, 6.07) is 14.0. The molecular formula is C19H20N6O3. The molecule has 0 atom stereocenters. The van der Waals surface area contributed by atoms with Crippen LogP contribution in [0.5, 0.6) is 11.5 Å². The smallest absolute Gasteiger partial charge is 0.273 e. The molecule has 0 aliphatic carbocycles. The van der Waals surface area contributed by atoms with Gasteiger partial charge >= 0.3 is 0 Å². The first-order chi connectivity index (χ1) is 13.5. The molecule has 144 valence electrons. The Kier molecular flexibility index (Phi) is 5.45. The molecule has 3 rings (SSSR count). The average molecular weight is 380 g/mol. The summed E-state index contributed by atoms with van der Waals surface area (Å²) in [5.41, 5.74) is 13.5. The summed E-state index contributed by atoms with van der Waals surface area (Å²) in [6.07, 6.45) is 0. The van der Waals surface area contributed by atoms with E-state index < -0.39 is 0 Å². The molecule has 1 heterocycles. The maximum Gasteiger partial charge on any atom is 0.273 e. The number of aromatic nitrogens is 2. The number of nitrogens with two attached hydrogens (primary N) is 2. The molecule has 28 heavy (non-hydrogen) atoms. The molecule has 0 unspecified atom stereocenters. The van der Waals surface area contributed by atoms with Gasteiger partial charge in [0.2, 0.25) is 0 Å². The number of para-hydroxylation sites is 1. The van der Waals surface area contributed by atoms with E-state index in [1.807, 2.05) is 12.1 Å². The lowest BCUT2D eigenvalue weighted by Gasteiger charge is -2.13. The Hall–Kier alpha value is -4.01. The zero-order chi connectivity index (χ0) is 20.1. The molecule has 0 saturated heterocycles. The van der Waals surface area contributed by atoms with Gasteiger partial charge in [0.1, 0.15) is 22.9 Å². The summed E-state index contributed by atoms with van der Waals surface area (Å²) in [4.78, 5) is 16.6. The summed E-state index contributed by atoms with van der Waals surface area (Å²) in [7, 11) is 3.04. The first-order valence-corrected chi connectivity index (χ1v) is 8.29. The number of anilines is 1. The highest BCUT2D eigenvalue weighted by molar-refractivity contribution is 6.05. The second-order valence-corrected chi connectivity index (χ2v) is 5.74. The van der Waals surface area contributed by atoms with Gasteiger partial charge in [0.25, 0.3) is 5.91 Å². The van der Waals surface area contributed by atoms with Gasteiger partial charge in [0, 0.05) is 5.56 Å². The number of rotatable bonds is 6. The summed E-state index contributed by atoms with van der Waals surface area (Å²) in [6.45, 7) is 0. The Morgan fingerprint density at radius 3 is 2.29 bits per heavy atom. The third-order valence-corrected chi connectivity index (χ3v) is 3.91. The number of amides is 1. The van der Waals surface area contributed by atoms with E-state index in [4.69, 9.17) is 20.9 Å². The highest BCUT2D eigenvalue weighted by Gasteiger charge is 2.16. The number of guanidine groups is 1. The number of hydrogen-bond donors (Lipinski definition) is 4. The van der Waals surface area contributed by atoms with Crippen molar-refractivity contribution in [3.8, 4) is 22.8 Å². The number of H-pyrrole nitrogens is 1. The maximum absolute atomic E-state index is 12.6. The van der Waals surface area contributed by atoms with Crippen molar-refractivity contribution >= 4 is 23.2 Å². The van der Waals surface area contributed by atoms with Crippen molar-refractivity contribution in [1.82, 2.24) is 10.2 Å². The zero-order valence-corrected chi connectivity index (χ0v) is 15.4. The SMILES string of the molecule is COc1cccc(OC)c1NC(=O)c1cc(-c2ccc(N=C(N)N)cc2)n[nH]1. The third kappa shape index (κ3) is 4.04. The molecule has 0 spiro atoms.